The zero-order valence-electron chi connectivity index (χ0n) is 56.4. The Morgan fingerprint density at radius 2 is 1.42 bits per heavy atom. The Morgan fingerprint density at radius 1 is 0.758 bits per heavy atom. The number of epoxide rings is 1. The highest BCUT2D eigenvalue weighted by atomic mass is 35.5. The number of benzene rings is 2. The summed E-state index contributed by atoms with van der Waals surface area (Å²) in [5.74, 6) is -7.09. The van der Waals surface area contributed by atoms with E-state index in [4.69, 9.17) is 54.3 Å². The Balaban J connectivity index is 1.22. The van der Waals surface area contributed by atoms with Gasteiger partial charge < -0.3 is 64.0 Å². The number of esters is 2. The van der Waals surface area contributed by atoms with Gasteiger partial charge in [-0.05, 0) is 92.7 Å². The van der Waals surface area contributed by atoms with Gasteiger partial charge in [0.05, 0.1) is 75.9 Å². The number of ketones is 2. The maximum Gasteiger partial charge on any atom is 0.347 e. The van der Waals surface area contributed by atoms with Crippen molar-refractivity contribution in [3.8, 4) is 5.75 Å². The number of carbonyl (C=O) groups is 11. The van der Waals surface area contributed by atoms with Gasteiger partial charge in [0.25, 0.3) is 11.8 Å². The van der Waals surface area contributed by atoms with E-state index in [1.165, 1.54) is 13.2 Å². The number of nitrogens with one attached hydrogen (secondary N) is 4. The molecule has 3 heterocycles. The van der Waals surface area contributed by atoms with Gasteiger partial charge in [-0.2, -0.15) is 0 Å². The monoisotopic (exact) mass is 1350 g/mol. The average molecular weight is 1350 g/mol. The molecule has 8 atom stereocenters. The van der Waals surface area contributed by atoms with Crippen molar-refractivity contribution < 1.29 is 95.5 Å². The minimum atomic E-state index is -1.30. The molecule has 95 heavy (non-hydrogen) atoms. The number of hydrogen-bond acceptors (Lipinski definition) is 20. The number of imide groups is 1. The fourth-order valence-electron chi connectivity index (χ4n) is 10.7. The smallest absolute Gasteiger partial charge is 0.347 e. The van der Waals surface area contributed by atoms with Crippen LogP contribution >= 0.6 is 11.6 Å². The molecule has 2 aromatic carbocycles. The average Bonchev–Trinajstić information content (AvgIpc) is 1.64. The number of rotatable bonds is 39. The molecule has 0 bridgehead atoms. The van der Waals surface area contributed by atoms with Gasteiger partial charge in [0.15, 0.2) is 11.9 Å². The van der Waals surface area contributed by atoms with Gasteiger partial charge in [0.2, 0.25) is 23.6 Å². The number of ether oxygens (including phenoxy) is 8. The van der Waals surface area contributed by atoms with Crippen molar-refractivity contribution in [2.45, 2.75) is 181 Å². The Hall–Kier alpha value is -7.16. The molecule has 4 N–H and O–H groups in total. The molecule has 0 aromatic heterocycles. The van der Waals surface area contributed by atoms with E-state index in [0.717, 1.165) is 11.1 Å². The number of carbonyl (C=O) groups excluding carboxylic acids is 11. The molecule has 0 aliphatic carbocycles. The molecule has 6 amide bonds. The van der Waals surface area contributed by atoms with Gasteiger partial charge in [0.1, 0.15) is 29.8 Å². The summed E-state index contributed by atoms with van der Waals surface area (Å²) in [5, 5.41) is 12.0. The molecular formula is C69H98ClN5O20. The van der Waals surface area contributed by atoms with Crippen LogP contribution < -0.4 is 26.0 Å². The van der Waals surface area contributed by atoms with E-state index < -0.39 is 101 Å². The Bertz CT molecular complexity index is 2920. The highest BCUT2D eigenvalue weighted by Crippen LogP contribution is 2.45. The fraction of sp³-hybridized carbons (Fsp3) is 0.638. The summed E-state index contributed by atoms with van der Waals surface area (Å²) in [4.78, 5) is 150. The third kappa shape index (κ3) is 27.5. The van der Waals surface area contributed by atoms with E-state index in [1.54, 1.807) is 59.1 Å². The molecule has 3 aliphatic heterocycles. The molecule has 2 fully saturated rings. The second-order valence-corrected chi connectivity index (χ2v) is 25.9. The second kappa shape index (κ2) is 40.4. The number of aryl methyl sites for hydroxylation is 1. The molecule has 26 heteroatoms. The summed E-state index contributed by atoms with van der Waals surface area (Å²) >= 11 is 6.41. The van der Waals surface area contributed by atoms with Crippen molar-refractivity contribution in [2.75, 3.05) is 73.6 Å². The zero-order chi connectivity index (χ0) is 69.6. The third-order valence-corrected chi connectivity index (χ3v) is 16.7. The first-order chi connectivity index (χ1) is 45.3. The van der Waals surface area contributed by atoms with Crippen molar-refractivity contribution in [1.29, 1.82) is 0 Å². The van der Waals surface area contributed by atoms with Gasteiger partial charge in [-0.1, -0.05) is 89.0 Å². The lowest BCUT2D eigenvalue weighted by Crippen LogP contribution is -2.51. The van der Waals surface area contributed by atoms with Crippen molar-refractivity contribution >= 4 is 76.5 Å². The van der Waals surface area contributed by atoms with Crippen LogP contribution in [0.1, 0.15) is 155 Å². The first kappa shape index (κ1) is 78.5. The fourth-order valence-corrected chi connectivity index (χ4v) is 10.9. The van der Waals surface area contributed by atoms with Gasteiger partial charge in [-0.3, -0.25) is 43.2 Å². The summed E-state index contributed by atoms with van der Waals surface area (Å²) in [5.41, 5.74) is 0.999. The molecule has 2 saturated heterocycles. The summed E-state index contributed by atoms with van der Waals surface area (Å²) in [7, 11) is 3.08. The van der Waals surface area contributed by atoms with Crippen LogP contribution in [-0.2, 0) is 104 Å². The van der Waals surface area contributed by atoms with Crippen LogP contribution in [0.4, 0.5) is 0 Å². The van der Waals surface area contributed by atoms with E-state index in [9.17, 15) is 52.7 Å². The minimum Gasteiger partial charge on any atom is -0.495 e. The minimum absolute atomic E-state index is 0.0219. The van der Waals surface area contributed by atoms with E-state index in [0.29, 0.717) is 93.3 Å². The summed E-state index contributed by atoms with van der Waals surface area (Å²) in [6.45, 7) is 15.2. The lowest BCUT2D eigenvalue weighted by Gasteiger charge is -2.29. The summed E-state index contributed by atoms with van der Waals surface area (Å²) in [6.07, 6.45) is 1.42. The van der Waals surface area contributed by atoms with Gasteiger partial charge in [-0.25, -0.2) is 9.59 Å². The maximum absolute atomic E-state index is 14.2. The van der Waals surface area contributed by atoms with Crippen LogP contribution in [0.5, 0.6) is 5.75 Å². The topological polar surface area (TPSA) is 325 Å². The number of hydrogen-bond donors (Lipinski definition) is 4. The summed E-state index contributed by atoms with van der Waals surface area (Å²) in [6, 6.07) is 10.6. The molecule has 3 aliphatic rings. The van der Waals surface area contributed by atoms with Crippen molar-refractivity contribution in [2.24, 2.45) is 29.1 Å². The predicted octanol–water partition coefficient (Wildman–Crippen LogP) is 6.49. The number of unbranched alkanes of at least 4 members (excludes halogenated alkanes) is 1. The number of Topliss-reactive ketones (excluding diaryl/α,β-unsaturated/α-hetero) is 2. The van der Waals surface area contributed by atoms with E-state index in [-0.39, 0.29) is 113 Å². The number of amides is 6. The molecule has 25 nitrogen and oxygen atoms in total. The van der Waals surface area contributed by atoms with E-state index in [2.05, 4.69) is 21.3 Å². The van der Waals surface area contributed by atoms with Crippen LogP contribution in [0.15, 0.2) is 54.6 Å². The second-order valence-electron chi connectivity index (χ2n) is 25.5. The number of halogens is 1. The Kier molecular flexibility index (Phi) is 33.4. The van der Waals surface area contributed by atoms with Crippen LogP contribution in [-0.4, -0.2) is 174 Å². The van der Waals surface area contributed by atoms with Crippen LogP contribution in [0.3, 0.4) is 0 Å². The molecular weight excluding hydrogens is 1250 g/mol. The first-order valence-corrected chi connectivity index (χ1v) is 33.3. The van der Waals surface area contributed by atoms with Crippen molar-refractivity contribution in [1.82, 2.24) is 26.3 Å². The van der Waals surface area contributed by atoms with Crippen LogP contribution in [0, 0.1) is 29.1 Å². The first-order valence-electron chi connectivity index (χ1n) is 32.9. The number of cyclic esters (lactones) is 2. The molecule has 0 radical (unpaired) electrons. The Morgan fingerprint density at radius 3 is 2.06 bits per heavy atom. The molecule has 526 valence electrons. The lowest BCUT2D eigenvalue weighted by molar-refractivity contribution is -0.197. The Labute approximate surface area is 562 Å². The number of nitrogens with zero attached hydrogens (tertiary/aromatic N) is 1. The van der Waals surface area contributed by atoms with Crippen LogP contribution in [0.2, 0.25) is 5.02 Å². The predicted molar refractivity (Wildman–Crippen MR) is 347 cm³/mol. The van der Waals surface area contributed by atoms with Gasteiger partial charge in [0, 0.05) is 89.8 Å². The van der Waals surface area contributed by atoms with Crippen LogP contribution in [0.25, 0.3) is 0 Å². The van der Waals surface area contributed by atoms with Crippen molar-refractivity contribution in [3.63, 3.8) is 0 Å². The highest BCUT2D eigenvalue weighted by molar-refractivity contribution is 6.32. The van der Waals surface area contributed by atoms with Crippen molar-refractivity contribution in [3.05, 3.63) is 76.3 Å². The zero-order valence-corrected chi connectivity index (χ0v) is 57.2. The molecule has 0 unspecified atom stereocenters. The molecule has 0 saturated carbocycles. The van der Waals surface area contributed by atoms with E-state index >= 15 is 0 Å². The lowest BCUT2D eigenvalue weighted by atomic mass is 9.85. The summed E-state index contributed by atoms with van der Waals surface area (Å²) < 4.78 is 44.9. The number of hydroxylamine groups is 2. The number of methoxy groups -OCH3 is 2. The third-order valence-electron chi connectivity index (χ3n) is 16.4. The maximum atomic E-state index is 14.2. The SMILES string of the molecule is COCCOCCOCCOCCC(=O)NCCCC[C@H](CC(=O)[C@@H](NC(=O)CCCC(=O)ON1C(=O)CCC1=O)C(C)C)C(=O)CCc1ccc([C@H]2O[C@@H]2[C@@H](C)[C@@H]2C/C=C/C(=O)N[C@H](Cc3ccc(OC)c(Cl)c3)C(=O)NCC(C)(C)C(=O)O[C@@H](CC(C)C)C(=O)O2)cc1. The van der Waals surface area contributed by atoms with E-state index in [1.807, 2.05) is 45.0 Å². The normalized spacial score (nSPS) is 20.6. The highest BCUT2D eigenvalue weighted by Gasteiger charge is 2.48. The molecule has 0 spiro atoms. The molecule has 2 aromatic rings. The van der Waals surface area contributed by atoms with Gasteiger partial charge >= 0.3 is 17.9 Å². The largest absolute Gasteiger partial charge is 0.495 e. The molecule has 5 rings (SSSR count). The van der Waals surface area contributed by atoms with Gasteiger partial charge in [-0.15, -0.1) is 5.06 Å². The quantitative estimate of drug-likeness (QED) is 0.0240. The standard InChI is InChI=1S/C69H98ClN5O20/c1-43(2)38-56-67(85)92-54(15-12-16-58(79)73-51(40-47-22-26-55(88-9)50(70)39-47)66(84)72-42-69(6,7)68(86)93-56)45(5)64-65(94-64)48-23-19-46(20-24-48)21-25-52(76)49(14-10-11-30-71-57(78)29-31-89-34-35-91-37-36-90-33-32-87-8)41-53(77)63(44(3)4)74-59(80)17-13-18-62(83)95-75-60(81)27-28-61(75)82/h12,16,19-20,22-24,26,39,43-45,49,51,54,56,63-65H,10-11,13-15,17-18,21,25,27-38,40-42H2,1-9H3,(H,71,78)(H,72,84)(H,73,79)(H,74,80)/b16-12+/t45-,49+,51+,54-,56-,63-,64+,65+/m0/s1.